The van der Waals surface area contributed by atoms with E-state index in [-0.39, 0.29) is 0 Å². The van der Waals surface area contributed by atoms with Crippen LogP contribution in [0.3, 0.4) is 0 Å². The van der Waals surface area contributed by atoms with E-state index in [0.717, 1.165) is 36.9 Å². The molecule has 1 aliphatic heterocycles. The monoisotopic (exact) mass is 292 g/mol. The van der Waals surface area contributed by atoms with Gasteiger partial charge in [-0.05, 0) is 18.9 Å². The lowest BCUT2D eigenvalue weighted by Crippen LogP contribution is -2.34. The Morgan fingerprint density at radius 3 is 2.65 bits per heavy atom. The Morgan fingerprint density at radius 2 is 2.10 bits per heavy atom. The van der Waals surface area contributed by atoms with E-state index in [1.54, 1.807) is 0 Å². The van der Waals surface area contributed by atoms with Crippen LogP contribution in [0.5, 0.6) is 0 Å². The highest BCUT2D eigenvalue weighted by Crippen LogP contribution is 2.28. The van der Waals surface area contributed by atoms with E-state index in [4.69, 9.17) is 5.73 Å². The average Bonchev–Trinajstić information content (AvgIpc) is 3.08. The van der Waals surface area contributed by atoms with Gasteiger partial charge in [-0.3, -0.25) is 4.68 Å². The van der Waals surface area contributed by atoms with Crippen molar-refractivity contribution in [3.8, 4) is 0 Å². The second-order valence-electron chi connectivity index (χ2n) is 5.53. The predicted molar refractivity (Wildman–Crippen MR) is 81.1 cm³/mol. The summed E-state index contributed by atoms with van der Waals surface area (Å²) in [5, 5.41) is 5.36. The van der Waals surface area contributed by atoms with Crippen LogP contribution < -0.4 is 10.6 Å². The van der Waals surface area contributed by atoms with E-state index in [9.17, 15) is 0 Å². The molecule has 7 heteroatoms. The van der Waals surface area contributed by atoms with Crippen LogP contribution in [0.1, 0.15) is 44.5 Å². The summed E-state index contributed by atoms with van der Waals surface area (Å²) in [5.41, 5.74) is 5.68. The molecule has 1 aliphatic rings. The Kier molecular flexibility index (Phi) is 3.60. The van der Waals surface area contributed by atoms with E-state index < -0.39 is 0 Å². The molecule has 2 N–H and O–H groups in total. The first-order valence-electron chi connectivity index (χ1n) is 7.02. The standard InChI is InChI=1S/C13H20N6S/c1-9(2)12-15-13(20-17-12)18-6-3-10(4-7-18)19-8-5-11(14)16-19/h5,8-10H,3-4,6-7H2,1-2H3,(H2,14,16). The van der Waals surface area contributed by atoms with Crippen molar-refractivity contribution in [1.29, 1.82) is 0 Å². The Hall–Kier alpha value is -1.63. The molecular formula is C13H20N6S. The minimum Gasteiger partial charge on any atom is -0.382 e. The van der Waals surface area contributed by atoms with Crippen molar-refractivity contribution >= 4 is 22.5 Å². The lowest BCUT2D eigenvalue weighted by atomic mass is 10.1. The summed E-state index contributed by atoms with van der Waals surface area (Å²) in [6.45, 7) is 6.24. The van der Waals surface area contributed by atoms with Gasteiger partial charge in [-0.2, -0.15) is 9.47 Å². The summed E-state index contributed by atoms with van der Waals surface area (Å²) in [7, 11) is 0. The van der Waals surface area contributed by atoms with Gasteiger partial charge < -0.3 is 10.6 Å². The highest BCUT2D eigenvalue weighted by molar-refractivity contribution is 7.09. The van der Waals surface area contributed by atoms with Crippen LogP contribution in [0.4, 0.5) is 10.9 Å². The highest BCUT2D eigenvalue weighted by atomic mass is 32.1. The van der Waals surface area contributed by atoms with Crippen molar-refractivity contribution < 1.29 is 0 Å². The van der Waals surface area contributed by atoms with E-state index in [1.807, 2.05) is 16.9 Å². The zero-order valence-electron chi connectivity index (χ0n) is 11.9. The van der Waals surface area contributed by atoms with Gasteiger partial charge in [0, 0.05) is 36.7 Å². The first-order valence-corrected chi connectivity index (χ1v) is 7.80. The molecule has 0 atom stereocenters. The van der Waals surface area contributed by atoms with Gasteiger partial charge in [0.05, 0.1) is 6.04 Å². The highest BCUT2D eigenvalue weighted by Gasteiger charge is 2.23. The number of hydrogen-bond donors (Lipinski definition) is 1. The largest absolute Gasteiger partial charge is 0.382 e. The van der Waals surface area contributed by atoms with Gasteiger partial charge in [-0.25, -0.2) is 4.98 Å². The molecule has 0 aromatic carbocycles. The van der Waals surface area contributed by atoms with Gasteiger partial charge in [0.1, 0.15) is 11.6 Å². The Morgan fingerprint density at radius 1 is 1.35 bits per heavy atom. The molecule has 0 spiro atoms. The molecule has 1 fully saturated rings. The third-order valence-electron chi connectivity index (χ3n) is 3.69. The summed E-state index contributed by atoms with van der Waals surface area (Å²) in [6, 6.07) is 2.30. The number of nitrogen functional groups attached to an aromatic ring is 1. The van der Waals surface area contributed by atoms with Crippen molar-refractivity contribution in [3.05, 3.63) is 18.1 Å². The Bertz CT molecular complexity index is 567. The number of nitrogens with zero attached hydrogens (tertiary/aromatic N) is 5. The van der Waals surface area contributed by atoms with E-state index in [0.29, 0.717) is 17.8 Å². The molecular weight excluding hydrogens is 272 g/mol. The average molecular weight is 292 g/mol. The fourth-order valence-electron chi connectivity index (χ4n) is 2.47. The number of hydrogen-bond acceptors (Lipinski definition) is 6. The zero-order chi connectivity index (χ0) is 14.1. The van der Waals surface area contributed by atoms with Crippen molar-refractivity contribution in [2.24, 2.45) is 0 Å². The van der Waals surface area contributed by atoms with Crippen LogP contribution >= 0.6 is 11.5 Å². The minimum atomic E-state index is 0.393. The lowest BCUT2D eigenvalue weighted by Gasteiger charge is -2.31. The van der Waals surface area contributed by atoms with Gasteiger partial charge in [-0.1, -0.05) is 13.8 Å². The molecule has 2 aromatic heterocycles. The molecule has 0 unspecified atom stereocenters. The summed E-state index contributed by atoms with van der Waals surface area (Å²) >= 11 is 1.51. The summed E-state index contributed by atoms with van der Waals surface area (Å²) in [4.78, 5) is 6.95. The van der Waals surface area contributed by atoms with Crippen LogP contribution in [0.15, 0.2) is 12.3 Å². The number of aromatic nitrogens is 4. The smallest absolute Gasteiger partial charge is 0.205 e. The molecule has 6 nitrogen and oxygen atoms in total. The van der Waals surface area contributed by atoms with E-state index in [2.05, 4.69) is 33.2 Å². The van der Waals surface area contributed by atoms with Gasteiger partial charge in [0.2, 0.25) is 5.13 Å². The lowest BCUT2D eigenvalue weighted by molar-refractivity contribution is 0.367. The molecule has 3 heterocycles. The maximum Gasteiger partial charge on any atom is 0.205 e. The molecule has 1 saturated heterocycles. The quantitative estimate of drug-likeness (QED) is 0.939. The fraction of sp³-hybridized carbons (Fsp3) is 0.615. The van der Waals surface area contributed by atoms with Gasteiger partial charge in [-0.15, -0.1) is 0 Å². The number of nitrogens with two attached hydrogens (primary N) is 1. The van der Waals surface area contributed by atoms with Crippen molar-refractivity contribution in [3.63, 3.8) is 0 Å². The molecule has 0 bridgehead atoms. The summed E-state index contributed by atoms with van der Waals surface area (Å²) in [5.74, 6) is 1.94. The van der Waals surface area contributed by atoms with Crippen LogP contribution in [-0.2, 0) is 0 Å². The van der Waals surface area contributed by atoms with Crippen LogP contribution in [0, 0.1) is 0 Å². The van der Waals surface area contributed by atoms with Gasteiger partial charge in [0.15, 0.2) is 0 Å². The third-order valence-corrected chi connectivity index (χ3v) is 4.48. The number of rotatable bonds is 3. The maximum atomic E-state index is 5.68. The van der Waals surface area contributed by atoms with Crippen molar-refractivity contribution in [2.75, 3.05) is 23.7 Å². The van der Waals surface area contributed by atoms with Crippen LogP contribution in [0.2, 0.25) is 0 Å². The normalized spacial score (nSPS) is 17.1. The van der Waals surface area contributed by atoms with Crippen molar-refractivity contribution in [2.45, 2.75) is 38.6 Å². The number of anilines is 2. The number of piperidine rings is 1. The first-order chi connectivity index (χ1) is 9.63. The molecule has 2 aromatic rings. The molecule has 108 valence electrons. The summed E-state index contributed by atoms with van der Waals surface area (Å²) in [6.07, 6.45) is 4.10. The fourth-order valence-corrected chi connectivity index (χ4v) is 3.33. The summed E-state index contributed by atoms with van der Waals surface area (Å²) < 4.78 is 6.42. The Balaban J connectivity index is 1.63. The second-order valence-corrected chi connectivity index (χ2v) is 6.26. The first kappa shape index (κ1) is 13.4. The molecule has 20 heavy (non-hydrogen) atoms. The van der Waals surface area contributed by atoms with Crippen molar-refractivity contribution in [1.82, 2.24) is 19.1 Å². The SMILES string of the molecule is CC(C)c1nsc(N2CCC(n3ccc(N)n3)CC2)n1. The van der Waals surface area contributed by atoms with Gasteiger partial charge >= 0.3 is 0 Å². The van der Waals surface area contributed by atoms with Gasteiger partial charge in [0.25, 0.3) is 0 Å². The molecule has 3 rings (SSSR count). The topological polar surface area (TPSA) is 72.9 Å². The maximum absolute atomic E-state index is 5.68. The Labute approximate surface area is 122 Å². The van der Waals surface area contributed by atoms with Crippen LogP contribution in [-0.4, -0.2) is 32.2 Å². The molecule has 0 radical (unpaired) electrons. The van der Waals surface area contributed by atoms with E-state index in [1.165, 1.54) is 11.5 Å². The zero-order valence-corrected chi connectivity index (χ0v) is 12.7. The minimum absolute atomic E-state index is 0.393. The van der Waals surface area contributed by atoms with Crippen LogP contribution in [0.25, 0.3) is 0 Å². The molecule has 0 aliphatic carbocycles. The predicted octanol–water partition coefficient (Wildman–Crippen LogP) is 2.28. The molecule has 0 amide bonds. The second kappa shape index (κ2) is 5.40. The van der Waals surface area contributed by atoms with E-state index >= 15 is 0 Å². The molecule has 0 saturated carbocycles. The third kappa shape index (κ3) is 2.63.